The third-order valence-electron chi connectivity index (χ3n) is 5.19. The second kappa shape index (κ2) is 5.66. The number of fused-ring (bicyclic) bond motifs is 1. The lowest BCUT2D eigenvalue weighted by molar-refractivity contribution is -0.154. The maximum Gasteiger partial charge on any atom is 0.326 e. The van der Waals surface area contributed by atoms with Crippen molar-refractivity contribution in [3.05, 3.63) is 35.6 Å². The van der Waals surface area contributed by atoms with Gasteiger partial charge in [0.1, 0.15) is 11.4 Å². The molecular weight excluding hydrogens is 315 g/mol. The smallest absolute Gasteiger partial charge is 0.326 e. The highest BCUT2D eigenvalue weighted by Gasteiger charge is 2.67. The lowest BCUT2D eigenvalue weighted by atomic mass is 9.78. The fourth-order valence-corrected chi connectivity index (χ4v) is 3.97. The number of carbonyl (C=O) groups excluding carboxylic acids is 3. The SMILES string of the molecule is CC[C@]1(C(=O)OC)N[C@@H](c2cccc(F)c2)[C@H]2C(=O)N(C)C(=O)[C@H]21. The number of rotatable bonds is 3. The first-order valence-electron chi connectivity index (χ1n) is 7.80. The average Bonchev–Trinajstić information content (AvgIpc) is 3.05. The summed E-state index contributed by atoms with van der Waals surface area (Å²) in [5.41, 5.74) is -0.769. The monoisotopic (exact) mass is 334 g/mol. The van der Waals surface area contributed by atoms with Gasteiger partial charge in [-0.1, -0.05) is 19.1 Å². The van der Waals surface area contributed by atoms with E-state index < -0.39 is 41.1 Å². The van der Waals surface area contributed by atoms with E-state index in [2.05, 4.69) is 5.32 Å². The number of nitrogens with zero attached hydrogens (tertiary/aromatic N) is 1. The van der Waals surface area contributed by atoms with Gasteiger partial charge in [0.2, 0.25) is 11.8 Å². The van der Waals surface area contributed by atoms with Crippen LogP contribution in [0.4, 0.5) is 4.39 Å². The first-order chi connectivity index (χ1) is 11.4. The van der Waals surface area contributed by atoms with E-state index in [1.54, 1.807) is 13.0 Å². The summed E-state index contributed by atoms with van der Waals surface area (Å²) in [5, 5.41) is 3.12. The minimum absolute atomic E-state index is 0.277. The summed E-state index contributed by atoms with van der Waals surface area (Å²) >= 11 is 0. The van der Waals surface area contributed by atoms with Gasteiger partial charge in [0.25, 0.3) is 0 Å². The van der Waals surface area contributed by atoms with E-state index in [1.165, 1.54) is 32.4 Å². The highest BCUT2D eigenvalue weighted by Crippen LogP contribution is 2.49. The molecule has 2 aliphatic rings. The van der Waals surface area contributed by atoms with Crippen molar-refractivity contribution in [2.24, 2.45) is 11.8 Å². The van der Waals surface area contributed by atoms with Gasteiger partial charge in [0.15, 0.2) is 0 Å². The topological polar surface area (TPSA) is 75.7 Å². The van der Waals surface area contributed by atoms with Gasteiger partial charge in [-0.25, -0.2) is 4.39 Å². The number of esters is 1. The van der Waals surface area contributed by atoms with Crippen molar-refractivity contribution in [3.8, 4) is 0 Å². The summed E-state index contributed by atoms with van der Waals surface area (Å²) in [7, 11) is 2.65. The zero-order chi connectivity index (χ0) is 17.6. The van der Waals surface area contributed by atoms with Crippen LogP contribution < -0.4 is 5.32 Å². The summed E-state index contributed by atoms with van der Waals surface area (Å²) in [4.78, 5) is 38.7. The van der Waals surface area contributed by atoms with Crippen LogP contribution >= 0.6 is 0 Å². The molecule has 2 fully saturated rings. The largest absolute Gasteiger partial charge is 0.468 e. The van der Waals surface area contributed by atoms with Crippen molar-refractivity contribution in [2.75, 3.05) is 14.2 Å². The molecule has 1 aromatic carbocycles. The number of likely N-dealkylation sites (tertiary alicyclic amines) is 1. The summed E-state index contributed by atoms with van der Waals surface area (Å²) in [6.07, 6.45) is 0.277. The van der Waals surface area contributed by atoms with E-state index in [9.17, 15) is 18.8 Å². The Morgan fingerprint density at radius 2 is 2.08 bits per heavy atom. The summed E-state index contributed by atoms with van der Waals surface area (Å²) in [6.45, 7) is 1.75. The van der Waals surface area contributed by atoms with Gasteiger partial charge >= 0.3 is 5.97 Å². The number of halogens is 1. The van der Waals surface area contributed by atoms with E-state index in [0.717, 1.165) is 4.90 Å². The molecule has 128 valence electrons. The van der Waals surface area contributed by atoms with E-state index in [4.69, 9.17) is 4.74 Å². The van der Waals surface area contributed by atoms with Crippen LogP contribution in [0.25, 0.3) is 0 Å². The van der Waals surface area contributed by atoms with Crippen molar-refractivity contribution in [2.45, 2.75) is 24.9 Å². The third kappa shape index (κ3) is 2.07. The zero-order valence-corrected chi connectivity index (χ0v) is 13.7. The maximum absolute atomic E-state index is 13.6. The van der Waals surface area contributed by atoms with Crippen LogP contribution in [0.3, 0.4) is 0 Å². The lowest BCUT2D eigenvalue weighted by Gasteiger charge is -2.30. The maximum atomic E-state index is 13.6. The summed E-state index contributed by atoms with van der Waals surface area (Å²) in [5.74, 6) is -3.43. The number of benzene rings is 1. The molecular formula is C17H19FN2O4. The third-order valence-corrected chi connectivity index (χ3v) is 5.19. The minimum atomic E-state index is -1.30. The Bertz CT molecular complexity index is 722. The number of hydrogen-bond acceptors (Lipinski definition) is 5. The molecule has 3 rings (SSSR count). The quantitative estimate of drug-likeness (QED) is 0.660. The molecule has 0 saturated carbocycles. The van der Waals surface area contributed by atoms with Crippen molar-refractivity contribution in [1.82, 2.24) is 10.2 Å². The molecule has 2 saturated heterocycles. The molecule has 0 aromatic heterocycles. The van der Waals surface area contributed by atoms with Crippen molar-refractivity contribution in [3.63, 3.8) is 0 Å². The summed E-state index contributed by atoms with van der Waals surface area (Å²) < 4.78 is 18.5. The molecule has 0 radical (unpaired) electrons. The molecule has 0 spiro atoms. The van der Waals surface area contributed by atoms with Crippen LogP contribution in [-0.4, -0.2) is 42.4 Å². The normalized spacial score (nSPS) is 32.2. The first kappa shape index (κ1) is 16.6. The van der Waals surface area contributed by atoms with Gasteiger partial charge in [0, 0.05) is 13.1 Å². The Morgan fingerprint density at radius 1 is 1.38 bits per heavy atom. The predicted molar refractivity (Wildman–Crippen MR) is 82.1 cm³/mol. The predicted octanol–water partition coefficient (Wildman–Crippen LogP) is 1.02. The highest BCUT2D eigenvalue weighted by atomic mass is 19.1. The Balaban J connectivity index is 2.14. The Labute approximate surface area is 139 Å². The number of carbonyl (C=O) groups is 3. The molecule has 1 aromatic rings. The van der Waals surface area contributed by atoms with Crippen LogP contribution in [0.5, 0.6) is 0 Å². The molecule has 2 amide bonds. The number of nitrogens with one attached hydrogen (secondary N) is 1. The average molecular weight is 334 g/mol. The van der Waals surface area contributed by atoms with Crippen LogP contribution in [0.2, 0.25) is 0 Å². The lowest BCUT2D eigenvalue weighted by Crippen LogP contribution is -2.55. The van der Waals surface area contributed by atoms with E-state index in [0.29, 0.717) is 5.56 Å². The van der Waals surface area contributed by atoms with Gasteiger partial charge in [-0.2, -0.15) is 0 Å². The number of hydrogen-bond donors (Lipinski definition) is 1. The molecule has 2 aliphatic heterocycles. The van der Waals surface area contributed by atoms with Crippen molar-refractivity contribution < 1.29 is 23.5 Å². The Hall–Kier alpha value is -2.28. The van der Waals surface area contributed by atoms with Gasteiger partial charge in [-0.3, -0.25) is 24.6 Å². The fraction of sp³-hybridized carbons (Fsp3) is 0.471. The molecule has 0 aliphatic carbocycles. The molecule has 7 heteroatoms. The van der Waals surface area contributed by atoms with Crippen molar-refractivity contribution >= 4 is 17.8 Å². The van der Waals surface area contributed by atoms with Gasteiger partial charge < -0.3 is 4.74 Å². The number of amides is 2. The zero-order valence-electron chi connectivity index (χ0n) is 13.7. The second-order valence-electron chi connectivity index (χ2n) is 6.23. The molecule has 2 heterocycles. The van der Waals surface area contributed by atoms with E-state index >= 15 is 0 Å². The van der Waals surface area contributed by atoms with Crippen LogP contribution in [-0.2, 0) is 19.1 Å². The number of methoxy groups -OCH3 is 1. The molecule has 0 bridgehead atoms. The second-order valence-corrected chi connectivity index (χ2v) is 6.23. The molecule has 6 nitrogen and oxygen atoms in total. The van der Waals surface area contributed by atoms with Crippen molar-refractivity contribution in [1.29, 1.82) is 0 Å². The van der Waals surface area contributed by atoms with E-state index in [1.807, 2.05) is 0 Å². The van der Waals surface area contributed by atoms with Crippen LogP contribution in [0, 0.1) is 17.7 Å². The van der Waals surface area contributed by atoms with Gasteiger partial charge in [-0.15, -0.1) is 0 Å². The number of imide groups is 1. The Kier molecular flexibility index (Phi) is 3.91. The minimum Gasteiger partial charge on any atom is -0.468 e. The summed E-state index contributed by atoms with van der Waals surface area (Å²) in [6, 6.07) is 5.20. The number of ether oxygens (including phenoxy) is 1. The first-order valence-corrected chi connectivity index (χ1v) is 7.80. The molecule has 0 unspecified atom stereocenters. The van der Waals surface area contributed by atoms with Crippen LogP contribution in [0.1, 0.15) is 24.9 Å². The molecule has 4 atom stereocenters. The highest BCUT2D eigenvalue weighted by molar-refractivity contribution is 6.09. The Morgan fingerprint density at radius 3 is 2.67 bits per heavy atom. The molecule has 1 N–H and O–H groups in total. The molecule has 24 heavy (non-hydrogen) atoms. The standard InChI is InChI=1S/C17H19FN2O4/c1-4-17(16(23)24-3)12-11(14(21)20(2)15(12)22)13(19-17)9-6-5-7-10(18)8-9/h5-8,11-13,19H,4H2,1-3H3/t11-,12-,13-,17-/m0/s1. The fourth-order valence-electron chi connectivity index (χ4n) is 3.97. The van der Waals surface area contributed by atoms with Crippen LogP contribution in [0.15, 0.2) is 24.3 Å². The van der Waals surface area contributed by atoms with Gasteiger partial charge in [0.05, 0.1) is 18.9 Å². The van der Waals surface area contributed by atoms with E-state index in [-0.39, 0.29) is 12.3 Å². The van der Waals surface area contributed by atoms with Gasteiger partial charge in [-0.05, 0) is 24.1 Å².